The number of hydrogen-bond donors (Lipinski definition) is 5. The summed E-state index contributed by atoms with van der Waals surface area (Å²) in [6.45, 7) is 10.6. The second-order valence-electron chi connectivity index (χ2n) is 11.7. The van der Waals surface area contributed by atoms with Crippen molar-refractivity contribution in [3.05, 3.63) is 107 Å². The third-order valence-corrected chi connectivity index (χ3v) is 7.53. The Morgan fingerprint density at radius 2 is 1.38 bits per heavy atom. The molecule has 5 N–H and O–H groups in total. The summed E-state index contributed by atoms with van der Waals surface area (Å²) in [5.74, 6) is -1.16. The van der Waals surface area contributed by atoms with Crippen LogP contribution in [-0.2, 0) is 22.4 Å². The molecule has 3 rings (SSSR count). The molecule has 0 aromatic heterocycles. The molecule has 240 valence electrons. The van der Waals surface area contributed by atoms with E-state index < -0.39 is 12.1 Å². The van der Waals surface area contributed by atoms with E-state index in [0.717, 1.165) is 11.1 Å². The van der Waals surface area contributed by atoms with Gasteiger partial charge >= 0.3 is 0 Å². The topological polar surface area (TPSA) is 128 Å². The molecule has 0 spiro atoms. The lowest BCUT2D eigenvalue weighted by molar-refractivity contribution is -0.130. The highest BCUT2D eigenvalue weighted by Crippen LogP contribution is 2.09. The van der Waals surface area contributed by atoms with E-state index in [1.807, 2.05) is 70.2 Å². The van der Waals surface area contributed by atoms with Crippen molar-refractivity contribution in [2.24, 2.45) is 5.92 Å². The van der Waals surface area contributed by atoms with Gasteiger partial charge in [-0.25, -0.2) is 0 Å². The molecule has 3 aromatic carbocycles. The van der Waals surface area contributed by atoms with Crippen LogP contribution >= 0.6 is 0 Å². The Kier molecular flexibility index (Phi) is 13.8. The summed E-state index contributed by atoms with van der Waals surface area (Å²) in [5, 5.41) is 14.8. The summed E-state index contributed by atoms with van der Waals surface area (Å²) < 4.78 is 0. The van der Waals surface area contributed by atoms with E-state index in [2.05, 4.69) is 38.7 Å². The van der Waals surface area contributed by atoms with E-state index in [1.54, 1.807) is 31.2 Å². The van der Waals surface area contributed by atoms with Gasteiger partial charge < -0.3 is 26.6 Å². The van der Waals surface area contributed by atoms with Gasteiger partial charge in [0.15, 0.2) is 0 Å². The molecular formula is C36H47N5O4. The van der Waals surface area contributed by atoms with Gasteiger partial charge in [-0.2, -0.15) is 0 Å². The normalized spacial score (nSPS) is 12.9. The fourth-order valence-electron chi connectivity index (χ4n) is 4.83. The number of rotatable bonds is 16. The molecule has 0 saturated heterocycles. The third kappa shape index (κ3) is 11.5. The van der Waals surface area contributed by atoms with Crippen LogP contribution in [0.1, 0.15) is 65.1 Å². The molecule has 3 atom stereocenters. The SMILES string of the molecule is CCNC(=O)[C@@H](NC(=O)[C@H](C)NC[C@H](Cc1ccccc1)NC(=O)c1cccc(C(=O)NCCc2ccc(C)cc2)c1)C(C)C. The van der Waals surface area contributed by atoms with Crippen molar-refractivity contribution in [2.75, 3.05) is 19.6 Å². The van der Waals surface area contributed by atoms with Gasteiger partial charge in [0.05, 0.1) is 6.04 Å². The van der Waals surface area contributed by atoms with Crippen LogP contribution in [0.25, 0.3) is 0 Å². The van der Waals surface area contributed by atoms with Gasteiger partial charge in [0.2, 0.25) is 11.8 Å². The highest BCUT2D eigenvalue weighted by atomic mass is 16.2. The minimum atomic E-state index is -0.645. The largest absolute Gasteiger partial charge is 0.355 e. The lowest BCUT2D eigenvalue weighted by Gasteiger charge is -2.25. The van der Waals surface area contributed by atoms with Crippen molar-refractivity contribution < 1.29 is 19.2 Å². The molecule has 0 saturated carbocycles. The fourth-order valence-corrected chi connectivity index (χ4v) is 4.83. The van der Waals surface area contributed by atoms with Crippen molar-refractivity contribution in [3.8, 4) is 0 Å². The molecule has 0 fully saturated rings. The van der Waals surface area contributed by atoms with Gasteiger partial charge in [0, 0.05) is 36.8 Å². The Balaban J connectivity index is 1.63. The maximum Gasteiger partial charge on any atom is 0.251 e. The first-order chi connectivity index (χ1) is 21.6. The van der Waals surface area contributed by atoms with Gasteiger partial charge in [-0.1, -0.05) is 80.1 Å². The lowest BCUT2D eigenvalue weighted by Crippen LogP contribution is -2.55. The molecule has 0 unspecified atom stereocenters. The zero-order chi connectivity index (χ0) is 32.8. The van der Waals surface area contributed by atoms with Gasteiger partial charge in [0.25, 0.3) is 11.8 Å². The van der Waals surface area contributed by atoms with Crippen LogP contribution in [0.3, 0.4) is 0 Å². The first kappa shape index (κ1) is 35.0. The Hall–Kier alpha value is -4.50. The van der Waals surface area contributed by atoms with Crippen LogP contribution in [-0.4, -0.2) is 61.4 Å². The quantitative estimate of drug-likeness (QED) is 0.169. The van der Waals surface area contributed by atoms with Crippen LogP contribution in [0.2, 0.25) is 0 Å². The Morgan fingerprint density at radius 3 is 2.02 bits per heavy atom. The number of carbonyl (C=O) groups is 4. The summed E-state index contributed by atoms with van der Waals surface area (Å²) in [6.07, 6.45) is 1.24. The maximum atomic E-state index is 13.4. The third-order valence-electron chi connectivity index (χ3n) is 7.53. The molecule has 0 aliphatic heterocycles. The summed E-state index contributed by atoms with van der Waals surface area (Å²) in [7, 11) is 0. The predicted molar refractivity (Wildman–Crippen MR) is 178 cm³/mol. The predicted octanol–water partition coefficient (Wildman–Crippen LogP) is 3.56. The van der Waals surface area contributed by atoms with E-state index in [9.17, 15) is 19.2 Å². The molecule has 9 heteroatoms. The maximum absolute atomic E-state index is 13.4. The highest BCUT2D eigenvalue weighted by Gasteiger charge is 2.26. The fraction of sp³-hybridized carbons (Fsp3) is 0.389. The van der Waals surface area contributed by atoms with E-state index >= 15 is 0 Å². The molecular weight excluding hydrogens is 566 g/mol. The lowest BCUT2D eigenvalue weighted by atomic mass is 10.0. The highest BCUT2D eigenvalue weighted by molar-refractivity contribution is 5.99. The monoisotopic (exact) mass is 613 g/mol. The van der Waals surface area contributed by atoms with E-state index in [1.165, 1.54) is 5.56 Å². The number of likely N-dealkylation sites (N-methyl/N-ethyl adjacent to an activating group) is 1. The van der Waals surface area contributed by atoms with Crippen LogP contribution in [0, 0.1) is 12.8 Å². The van der Waals surface area contributed by atoms with Gasteiger partial charge in [-0.05, 0) is 68.9 Å². The van der Waals surface area contributed by atoms with Crippen molar-refractivity contribution in [3.63, 3.8) is 0 Å². The summed E-state index contributed by atoms with van der Waals surface area (Å²) in [5.41, 5.74) is 4.13. The second-order valence-corrected chi connectivity index (χ2v) is 11.7. The van der Waals surface area contributed by atoms with Gasteiger partial charge in [0.1, 0.15) is 6.04 Å². The van der Waals surface area contributed by atoms with Crippen molar-refractivity contribution in [1.82, 2.24) is 26.6 Å². The minimum Gasteiger partial charge on any atom is -0.355 e. The zero-order valence-electron chi connectivity index (χ0n) is 27.0. The van der Waals surface area contributed by atoms with Crippen molar-refractivity contribution in [2.45, 2.75) is 65.6 Å². The summed E-state index contributed by atoms with van der Waals surface area (Å²) in [6, 6.07) is 23.0. The Labute approximate surface area is 267 Å². The number of nitrogens with one attached hydrogen (secondary N) is 5. The smallest absolute Gasteiger partial charge is 0.251 e. The molecule has 9 nitrogen and oxygen atoms in total. The zero-order valence-corrected chi connectivity index (χ0v) is 27.0. The number of aryl methyl sites for hydroxylation is 1. The van der Waals surface area contributed by atoms with Crippen LogP contribution < -0.4 is 26.6 Å². The van der Waals surface area contributed by atoms with E-state index in [4.69, 9.17) is 0 Å². The summed E-state index contributed by atoms with van der Waals surface area (Å²) >= 11 is 0. The molecule has 3 aromatic rings. The average molecular weight is 614 g/mol. The van der Waals surface area contributed by atoms with E-state index in [-0.39, 0.29) is 35.6 Å². The second kappa shape index (κ2) is 17.7. The van der Waals surface area contributed by atoms with Gasteiger partial charge in [-0.15, -0.1) is 0 Å². The minimum absolute atomic E-state index is 0.0798. The number of carbonyl (C=O) groups excluding carboxylic acids is 4. The number of benzene rings is 3. The molecule has 0 aliphatic rings. The number of hydrogen-bond acceptors (Lipinski definition) is 5. The van der Waals surface area contributed by atoms with Crippen molar-refractivity contribution >= 4 is 23.6 Å². The average Bonchev–Trinajstić information content (AvgIpc) is 3.03. The van der Waals surface area contributed by atoms with Crippen LogP contribution in [0.5, 0.6) is 0 Å². The standard InChI is InChI=1S/C36H47N5O4/c1-6-37-36(45)32(24(2)3)41-33(42)26(5)39-23-31(21-28-11-8-7-9-12-28)40-35(44)30-14-10-13-29(22-30)34(43)38-20-19-27-17-15-25(4)16-18-27/h7-18,22,24,26,31-32,39H,6,19-21,23H2,1-5H3,(H,37,45)(H,38,43)(H,40,44)(H,41,42)/t26-,31-,32-/m0/s1. The molecule has 0 heterocycles. The molecule has 0 aliphatic carbocycles. The van der Waals surface area contributed by atoms with E-state index in [0.29, 0.717) is 43.6 Å². The van der Waals surface area contributed by atoms with Crippen molar-refractivity contribution in [1.29, 1.82) is 0 Å². The van der Waals surface area contributed by atoms with Crippen LogP contribution in [0.4, 0.5) is 0 Å². The molecule has 45 heavy (non-hydrogen) atoms. The Morgan fingerprint density at radius 1 is 0.711 bits per heavy atom. The first-order valence-corrected chi connectivity index (χ1v) is 15.7. The molecule has 4 amide bonds. The molecule has 0 bridgehead atoms. The number of amides is 4. The summed E-state index contributed by atoms with van der Waals surface area (Å²) in [4.78, 5) is 51.6. The van der Waals surface area contributed by atoms with Gasteiger partial charge in [-0.3, -0.25) is 19.2 Å². The van der Waals surface area contributed by atoms with Crippen LogP contribution in [0.15, 0.2) is 78.9 Å². The molecule has 0 radical (unpaired) electrons. The Bertz CT molecular complexity index is 1410. The first-order valence-electron chi connectivity index (χ1n) is 15.7.